The molecule has 5 nitrogen and oxygen atoms in total. The molecule has 112 valence electrons. The van der Waals surface area contributed by atoms with Crippen LogP contribution in [0.1, 0.15) is 16.9 Å². The highest BCUT2D eigenvalue weighted by Crippen LogP contribution is 2.17. The lowest BCUT2D eigenvalue weighted by Crippen LogP contribution is -2.40. The number of amides is 1. The van der Waals surface area contributed by atoms with Crippen LogP contribution in [0.2, 0.25) is 0 Å². The van der Waals surface area contributed by atoms with Crippen molar-refractivity contribution in [3.05, 3.63) is 21.9 Å². The van der Waals surface area contributed by atoms with E-state index in [4.69, 9.17) is 0 Å². The smallest absolute Gasteiger partial charge is 0.234 e. The summed E-state index contributed by atoms with van der Waals surface area (Å²) in [5.41, 5.74) is 1.19. The Morgan fingerprint density at radius 2 is 2.30 bits per heavy atom. The fraction of sp³-hybridized carbons (Fsp3) is 0.615. The van der Waals surface area contributed by atoms with Gasteiger partial charge in [0.1, 0.15) is 0 Å². The van der Waals surface area contributed by atoms with Gasteiger partial charge >= 0.3 is 0 Å². The van der Waals surface area contributed by atoms with Gasteiger partial charge in [0.15, 0.2) is 9.84 Å². The number of carbonyl (C=O) groups is 1. The van der Waals surface area contributed by atoms with Crippen molar-refractivity contribution in [2.24, 2.45) is 0 Å². The van der Waals surface area contributed by atoms with Gasteiger partial charge in [0.2, 0.25) is 5.91 Å². The number of aryl methyl sites for hydroxylation is 1. The molecule has 0 unspecified atom stereocenters. The molecule has 7 heteroatoms. The molecular weight excluding hydrogens is 296 g/mol. The Kier molecular flexibility index (Phi) is 4.82. The molecule has 1 aromatic heterocycles. The maximum absolute atomic E-state index is 11.9. The summed E-state index contributed by atoms with van der Waals surface area (Å²) in [7, 11) is -1.09. The van der Waals surface area contributed by atoms with E-state index < -0.39 is 9.84 Å². The minimum absolute atomic E-state index is 0.0331. The number of carbonyl (C=O) groups excluding carboxylic acids is 1. The number of nitrogens with zero attached hydrogens (tertiary/aromatic N) is 1. The second kappa shape index (κ2) is 6.24. The second-order valence-corrected chi connectivity index (χ2v) is 8.50. The van der Waals surface area contributed by atoms with Crippen LogP contribution in [0, 0.1) is 6.92 Å². The molecule has 1 N–H and O–H groups in total. The largest absolute Gasteiger partial charge is 0.350 e. The van der Waals surface area contributed by atoms with Crippen LogP contribution >= 0.6 is 11.3 Å². The van der Waals surface area contributed by atoms with Crippen molar-refractivity contribution in [1.82, 2.24) is 10.2 Å². The average Bonchev–Trinajstić information content (AvgIpc) is 2.92. The first-order valence-corrected chi connectivity index (χ1v) is 9.28. The van der Waals surface area contributed by atoms with E-state index in [0.29, 0.717) is 13.0 Å². The first kappa shape index (κ1) is 15.5. The van der Waals surface area contributed by atoms with Gasteiger partial charge in [-0.2, -0.15) is 0 Å². The van der Waals surface area contributed by atoms with Gasteiger partial charge in [-0.05, 0) is 37.4 Å². The Bertz CT molecular complexity index is 580. The summed E-state index contributed by atoms with van der Waals surface area (Å²) in [5, 5.41) is 4.89. The first-order valence-electron chi connectivity index (χ1n) is 6.58. The summed E-state index contributed by atoms with van der Waals surface area (Å²) in [6, 6.07) is 2.00. The van der Waals surface area contributed by atoms with E-state index in [-0.39, 0.29) is 30.0 Å². The normalized spacial score (nSPS) is 21.2. The third-order valence-electron chi connectivity index (χ3n) is 3.64. The number of hydrogen-bond donors (Lipinski definition) is 1. The van der Waals surface area contributed by atoms with Gasteiger partial charge in [0, 0.05) is 10.9 Å². The molecule has 1 aliphatic heterocycles. The van der Waals surface area contributed by atoms with E-state index in [1.165, 1.54) is 5.56 Å². The SMILES string of the molecule is Cc1ccsc1CNC(=O)CN(C)[C@@H]1CCS(=O)(=O)C1. The Labute approximate surface area is 123 Å². The summed E-state index contributed by atoms with van der Waals surface area (Å²) in [6.07, 6.45) is 0.621. The quantitative estimate of drug-likeness (QED) is 0.872. The molecule has 2 rings (SSSR count). The number of sulfone groups is 1. The number of hydrogen-bond acceptors (Lipinski definition) is 5. The Hall–Kier alpha value is -0.920. The maximum atomic E-state index is 11.9. The summed E-state index contributed by atoms with van der Waals surface area (Å²) in [4.78, 5) is 14.9. The molecular formula is C13H20N2O3S2. The predicted molar refractivity (Wildman–Crippen MR) is 80.6 cm³/mol. The Balaban J connectivity index is 1.78. The van der Waals surface area contributed by atoms with Crippen LogP contribution in [0.4, 0.5) is 0 Å². The monoisotopic (exact) mass is 316 g/mol. The van der Waals surface area contributed by atoms with E-state index >= 15 is 0 Å². The molecule has 1 aliphatic rings. The van der Waals surface area contributed by atoms with Crippen molar-refractivity contribution < 1.29 is 13.2 Å². The lowest BCUT2D eigenvalue weighted by atomic mass is 10.2. The molecule has 1 saturated heterocycles. The van der Waals surface area contributed by atoms with Crippen LogP contribution in [-0.2, 0) is 21.2 Å². The Morgan fingerprint density at radius 3 is 2.85 bits per heavy atom. The van der Waals surface area contributed by atoms with Crippen LogP contribution < -0.4 is 5.32 Å². The molecule has 1 fully saturated rings. The molecule has 0 saturated carbocycles. The highest BCUT2D eigenvalue weighted by molar-refractivity contribution is 7.91. The van der Waals surface area contributed by atoms with Crippen LogP contribution in [0.15, 0.2) is 11.4 Å². The van der Waals surface area contributed by atoms with Crippen molar-refractivity contribution in [1.29, 1.82) is 0 Å². The van der Waals surface area contributed by atoms with Crippen LogP contribution in [0.3, 0.4) is 0 Å². The van der Waals surface area contributed by atoms with Crippen molar-refractivity contribution in [2.45, 2.75) is 25.9 Å². The summed E-state index contributed by atoms with van der Waals surface area (Å²) in [5.74, 6) is 0.336. The van der Waals surface area contributed by atoms with Crippen molar-refractivity contribution >= 4 is 27.1 Å². The molecule has 2 heterocycles. The van der Waals surface area contributed by atoms with Gasteiger partial charge in [0.25, 0.3) is 0 Å². The van der Waals surface area contributed by atoms with E-state index in [1.807, 2.05) is 30.3 Å². The molecule has 20 heavy (non-hydrogen) atoms. The van der Waals surface area contributed by atoms with E-state index in [1.54, 1.807) is 11.3 Å². The third kappa shape index (κ3) is 4.04. The number of nitrogens with one attached hydrogen (secondary N) is 1. The molecule has 0 aromatic carbocycles. The van der Waals surface area contributed by atoms with Gasteiger partial charge in [-0.25, -0.2) is 8.42 Å². The van der Waals surface area contributed by atoms with Gasteiger partial charge in [0.05, 0.1) is 24.6 Å². The third-order valence-corrected chi connectivity index (χ3v) is 6.41. The van der Waals surface area contributed by atoms with Crippen LogP contribution in [0.5, 0.6) is 0 Å². The fourth-order valence-electron chi connectivity index (χ4n) is 2.30. The second-order valence-electron chi connectivity index (χ2n) is 5.28. The van der Waals surface area contributed by atoms with Crippen molar-refractivity contribution in [3.8, 4) is 0 Å². The number of rotatable bonds is 5. The molecule has 1 aromatic rings. The molecule has 0 bridgehead atoms. The molecule has 0 spiro atoms. The molecule has 0 radical (unpaired) electrons. The zero-order valence-electron chi connectivity index (χ0n) is 11.8. The lowest BCUT2D eigenvalue weighted by molar-refractivity contribution is -0.122. The average molecular weight is 316 g/mol. The topological polar surface area (TPSA) is 66.5 Å². The maximum Gasteiger partial charge on any atom is 0.234 e. The predicted octanol–water partition coefficient (Wildman–Crippen LogP) is 0.792. The highest BCUT2D eigenvalue weighted by Gasteiger charge is 2.31. The zero-order valence-corrected chi connectivity index (χ0v) is 13.4. The summed E-state index contributed by atoms with van der Waals surface area (Å²) < 4.78 is 22.8. The van der Waals surface area contributed by atoms with Crippen molar-refractivity contribution in [3.63, 3.8) is 0 Å². The van der Waals surface area contributed by atoms with E-state index in [2.05, 4.69) is 5.32 Å². The van der Waals surface area contributed by atoms with Crippen LogP contribution in [0.25, 0.3) is 0 Å². The minimum Gasteiger partial charge on any atom is -0.350 e. The number of likely N-dealkylation sites (N-methyl/N-ethyl adjacent to an activating group) is 1. The number of thiophene rings is 1. The van der Waals surface area contributed by atoms with Gasteiger partial charge in [-0.3, -0.25) is 9.69 Å². The summed E-state index contributed by atoms with van der Waals surface area (Å²) in [6.45, 7) is 2.80. The van der Waals surface area contributed by atoms with Gasteiger partial charge < -0.3 is 5.32 Å². The minimum atomic E-state index is -2.90. The van der Waals surface area contributed by atoms with Gasteiger partial charge in [-0.1, -0.05) is 0 Å². The molecule has 1 atom stereocenters. The van der Waals surface area contributed by atoms with Gasteiger partial charge in [-0.15, -0.1) is 11.3 Å². The Morgan fingerprint density at radius 1 is 1.55 bits per heavy atom. The fourth-order valence-corrected chi connectivity index (χ4v) is 4.95. The lowest BCUT2D eigenvalue weighted by Gasteiger charge is -2.22. The summed E-state index contributed by atoms with van der Waals surface area (Å²) >= 11 is 1.63. The van der Waals surface area contributed by atoms with E-state index in [9.17, 15) is 13.2 Å². The molecule has 1 amide bonds. The van der Waals surface area contributed by atoms with Crippen LogP contribution in [-0.4, -0.2) is 50.4 Å². The highest BCUT2D eigenvalue weighted by atomic mass is 32.2. The first-order chi connectivity index (χ1) is 9.37. The zero-order chi connectivity index (χ0) is 14.8. The standard InChI is InChI=1S/C13H20N2O3S2/c1-10-3-5-19-12(10)7-14-13(16)8-15(2)11-4-6-20(17,18)9-11/h3,5,11H,4,6-9H2,1-2H3,(H,14,16)/t11-/m1/s1. The van der Waals surface area contributed by atoms with Crippen molar-refractivity contribution in [2.75, 3.05) is 25.1 Å². The van der Waals surface area contributed by atoms with E-state index in [0.717, 1.165) is 4.88 Å². The molecule has 0 aliphatic carbocycles.